The topological polar surface area (TPSA) is 37.3 Å². The van der Waals surface area contributed by atoms with Gasteiger partial charge in [-0.15, -0.1) is 6.58 Å². The van der Waals surface area contributed by atoms with E-state index in [9.17, 15) is 5.11 Å². The molecule has 3 heteroatoms. The second kappa shape index (κ2) is 7.33. The van der Waals surface area contributed by atoms with E-state index < -0.39 is 0 Å². The van der Waals surface area contributed by atoms with Crippen LogP contribution in [0.3, 0.4) is 0 Å². The van der Waals surface area contributed by atoms with Crippen molar-refractivity contribution in [3.8, 4) is 5.75 Å². The summed E-state index contributed by atoms with van der Waals surface area (Å²) >= 11 is 3.37. The summed E-state index contributed by atoms with van der Waals surface area (Å²) in [6.07, 6.45) is 2.51. The van der Waals surface area contributed by atoms with Gasteiger partial charge in [-0.2, -0.15) is 0 Å². The van der Waals surface area contributed by atoms with Crippen LogP contribution < -0.4 is 0 Å². The number of phenols is 1. The zero-order chi connectivity index (χ0) is 11.0. The predicted molar refractivity (Wildman–Crippen MR) is 61.8 cm³/mol. The van der Waals surface area contributed by atoms with Gasteiger partial charge in [0, 0.05) is 10.9 Å². The molecule has 0 aliphatic carbocycles. The third kappa shape index (κ3) is 3.34. The Morgan fingerprint density at radius 3 is 2.57 bits per heavy atom. The van der Waals surface area contributed by atoms with E-state index in [2.05, 4.69) is 22.5 Å². The molecule has 1 aromatic carbocycles. The van der Waals surface area contributed by atoms with Crippen LogP contribution >= 0.6 is 15.9 Å². The average Bonchev–Trinajstić information content (AvgIpc) is 2.24. The molecule has 14 heavy (non-hydrogen) atoms. The lowest BCUT2D eigenvalue weighted by Crippen LogP contribution is -1.89. The molecule has 0 aliphatic heterocycles. The van der Waals surface area contributed by atoms with Crippen LogP contribution in [0.1, 0.15) is 11.1 Å². The molecule has 0 atom stereocenters. The molecule has 0 bridgehead atoms. The van der Waals surface area contributed by atoms with E-state index >= 15 is 0 Å². The summed E-state index contributed by atoms with van der Waals surface area (Å²) in [7, 11) is 0. The molecular formula is C11H13BrO2. The number of phenolic OH excluding ortho intramolecular Hbond substituents is 1. The third-order valence-corrected chi connectivity index (χ3v) is 2.34. The second-order valence-electron chi connectivity index (χ2n) is 2.54. The van der Waals surface area contributed by atoms with Crippen LogP contribution in [-0.2, 0) is 16.5 Å². The number of rotatable bonds is 3. The minimum absolute atomic E-state index is 0.354. The van der Waals surface area contributed by atoms with Crippen molar-refractivity contribution in [2.75, 3.05) is 0 Å². The Hall–Kier alpha value is -1.09. The van der Waals surface area contributed by atoms with Crippen LogP contribution in [0.15, 0.2) is 30.9 Å². The van der Waals surface area contributed by atoms with Crippen molar-refractivity contribution in [2.24, 2.45) is 0 Å². The van der Waals surface area contributed by atoms with Gasteiger partial charge in [-0.3, -0.25) is 0 Å². The van der Waals surface area contributed by atoms with Crippen molar-refractivity contribution in [2.45, 2.75) is 11.8 Å². The van der Waals surface area contributed by atoms with E-state index in [1.807, 2.05) is 18.9 Å². The molecule has 0 aliphatic rings. The fourth-order valence-electron chi connectivity index (χ4n) is 1.13. The zero-order valence-corrected chi connectivity index (χ0v) is 9.46. The molecule has 0 saturated heterocycles. The van der Waals surface area contributed by atoms with Gasteiger partial charge in [0.15, 0.2) is 0 Å². The first-order valence-corrected chi connectivity index (χ1v) is 5.17. The average molecular weight is 257 g/mol. The third-order valence-electron chi connectivity index (χ3n) is 1.74. The highest BCUT2D eigenvalue weighted by Gasteiger charge is 2.03. The van der Waals surface area contributed by atoms with Crippen LogP contribution in [0.4, 0.5) is 0 Å². The molecule has 0 heterocycles. The molecule has 0 fully saturated rings. The number of allylic oxidation sites excluding steroid dienone is 1. The first-order valence-electron chi connectivity index (χ1n) is 4.05. The molecule has 0 amide bonds. The van der Waals surface area contributed by atoms with Gasteiger partial charge in [0.2, 0.25) is 0 Å². The Labute approximate surface area is 92.4 Å². The maximum Gasteiger partial charge on any atom is 0.119 e. The molecular weight excluding hydrogens is 244 g/mol. The Morgan fingerprint density at radius 1 is 1.43 bits per heavy atom. The minimum atomic E-state index is 0.354. The predicted octanol–water partition coefficient (Wildman–Crippen LogP) is 2.83. The van der Waals surface area contributed by atoms with E-state index in [-0.39, 0.29) is 0 Å². The number of alkyl halides is 1. The number of carbonyl (C=O) groups excluding carboxylic acids is 1. The molecule has 1 N–H and O–H groups in total. The van der Waals surface area contributed by atoms with E-state index in [1.54, 1.807) is 12.1 Å². The van der Waals surface area contributed by atoms with Gasteiger partial charge in [-0.05, 0) is 18.1 Å². The fourth-order valence-corrected chi connectivity index (χ4v) is 1.65. The number of benzene rings is 1. The molecule has 0 aromatic heterocycles. The van der Waals surface area contributed by atoms with Crippen molar-refractivity contribution in [3.63, 3.8) is 0 Å². The van der Waals surface area contributed by atoms with E-state index in [0.717, 1.165) is 16.5 Å². The molecule has 1 aromatic rings. The van der Waals surface area contributed by atoms with Crippen molar-refractivity contribution in [1.82, 2.24) is 0 Å². The van der Waals surface area contributed by atoms with Crippen LogP contribution in [-0.4, -0.2) is 11.9 Å². The first-order chi connectivity index (χ1) is 6.79. The summed E-state index contributed by atoms with van der Waals surface area (Å²) < 4.78 is 0. The smallest absolute Gasteiger partial charge is 0.119 e. The zero-order valence-electron chi connectivity index (χ0n) is 7.87. The molecule has 0 saturated carbocycles. The Morgan fingerprint density at radius 2 is 2.07 bits per heavy atom. The maximum atomic E-state index is 9.48. The summed E-state index contributed by atoms with van der Waals surface area (Å²) in [5.41, 5.74) is 2.08. The summed E-state index contributed by atoms with van der Waals surface area (Å²) in [6, 6.07) is 5.54. The highest BCUT2D eigenvalue weighted by Crippen LogP contribution is 2.23. The molecule has 1 rings (SSSR count). The number of halogens is 1. The molecule has 76 valence electrons. The summed E-state index contributed by atoms with van der Waals surface area (Å²) in [5, 5.41) is 10.3. The summed E-state index contributed by atoms with van der Waals surface area (Å²) in [5.74, 6) is 0.354. The van der Waals surface area contributed by atoms with Crippen molar-refractivity contribution < 1.29 is 9.90 Å². The lowest BCUT2D eigenvalue weighted by Gasteiger charge is -2.06. The largest absolute Gasteiger partial charge is 0.508 e. The quantitative estimate of drug-likeness (QED) is 0.667. The highest BCUT2D eigenvalue weighted by atomic mass is 79.9. The molecule has 0 spiro atoms. The Kier molecular flexibility index (Phi) is 6.76. The number of carbonyl (C=O) groups is 1. The summed E-state index contributed by atoms with van der Waals surface area (Å²) in [6.45, 7) is 5.65. The van der Waals surface area contributed by atoms with Crippen molar-refractivity contribution in [1.29, 1.82) is 0 Å². The van der Waals surface area contributed by atoms with E-state index in [4.69, 9.17) is 4.79 Å². The van der Waals surface area contributed by atoms with Gasteiger partial charge in [0.05, 0.1) is 0 Å². The van der Waals surface area contributed by atoms with E-state index in [0.29, 0.717) is 12.2 Å². The SMILES string of the molecule is C=CCc1c(O)cccc1CBr.C=O. The van der Waals surface area contributed by atoms with Crippen LogP contribution in [0.2, 0.25) is 0 Å². The Bertz CT molecular complexity index is 297. The van der Waals surface area contributed by atoms with Gasteiger partial charge in [0.1, 0.15) is 12.5 Å². The monoisotopic (exact) mass is 256 g/mol. The van der Waals surface area contributed by atoms with Gasteiger partial charge < -0.3 is 9.90 Å². The fraction of sp³-hybridized carbons (Fsp3) is 0.182. The number of aromatic hydroxyl groups is 1. The number of hydrogen-bond donors (Lipinski definition) is 1. The van der Waals surface area contributed by atoms with Crippen LogP contribution in [0.25, 0.3) is 0 Å². The van der Waals surface area contributed by atoms with Gasteiger partial charge in [-0.25, -0.2) is 0 Å². The summed E-state index contributed by atoms with van der Waals surface area (Å²) in [4.78, 5) is 8.00. The Balaban J connectivity index is 0.000000791. The van der Waals surface area contributed by atoms with Gasteiger partial charge in [-0.1, -0.05) is 34.1 Å². The normalized spacial score (nSPS) is 8.64. The molecule has 2 nitrogen and oxygen atoms in total. The molecule has 0 unspecified atom stereocenters. The minimum Gasteiger partial charge on any atom is -0.508 e. The first kappa shape index (κ1) is 12.9. The number of hydrogen-bond acceptors (Lipinski definition) is 2. The highest BCUT2D eigenvalue weighted by molar-refractivity contribution is 9.08. The second-order valence-corrected chi connectivity index (χ2v) is 3.10. The molecule has 0 radical (unpaired) electrons. The van der Waals surface area contributed by atoms with Crippen LogP contribution in [0, 0.1) is 0 Å². The van der Waals surface area contributed by atoms with Gasteiger partial charge >= 0.3 is 0 Å². The van der Waals surface area contributed by atoms with Crippen LogP contribution in [0.5, 0.6) is 5.75 Å². The van der Waals surface area contributed by atoms with E-state index in [1.165, 1.54) is 0 Å². The van der Waals surface area contributed by atoms with Crippen molar-refractivity contribution >= 4 is 22.7 Å². The lowest BCUT2D eigenvalue weighted by atomic mass is 10.0. The maximum absolute atomic E-state index is 9.48. The standard InChI is InChI=1S/C10H11BrO.CH2O/c1-2-4-9-8(7-11)5-3-6-10(9)12;1-2/h2-3,5-6,12H,1,4,7H2;1H2. The van der Waals surface area contributed by atoms with Gasteiger partial charge in [0.25, 0.3) is 0 Å². The van der Waals surface area contributed by atoms with Crippen molar-refractivity contribution in [3.05, 3.63) is 42.0 Å². The lowest BCUT2D eigenvalue weighted by molar-refractivity contribution is -0.0979.